The van der Waals surface area contributed by atoms with Crippen molar-refractivity contribution in [2.24, 2.45) is 0 Å². The Morgan fingerprint density at radius 1 is 1.00 bits per heavy atom. The number of ketones is 2. The van der Waals surface area contributed by atoms with Gasteiger partial charge in [-0.2, -0.15) is 21.6 Å². The van der Waals surface area contributed by atoms with E-state index in [4.69, 9.17) is 4.74 Å². The van der Waals surface area contributed by atoms with Crippen LogP contribution < -0.4 is 8.92 Å². The summed E-state index contributed by atoms with van der Waals surface area (Å²) in [6.07, 6.45) is 0. The lowest BCUT2D eigenvalue weighted by Crippen LogP contribution is -2.28. The summed E-state index contributed by atoms with van der Waals surface area (Å²) in [5, 5.41) is 10.0. The zero-order valence-electron chi connectivity index (χ0n) is 13.3. The van der Waals surface area contributed by atoms with Crippen LogP contribution in [0.4, 0.5) is 13.2 Å². The lowest BCUT2D eigenvalue weighted by Gasteiger charge is -2.21. The third kappa shape index (κ3) is 2.89. The number of hydrogen-bond acceptors (Lipinski definition) is 7. The summed E-state index contributed by atoms with van der Waals surface area (Å²) in [4.78, 5) is 25.3. The maximum atomic E-state index is 12.7. The maximum Gasteiger partial charge on any atom is 0.534 e. The lowest BCUT2D eigenvalue weighted by atomic mass is 9.83. The Labute approximate surface area is 150 Å². The SMILES string of the molecule is COc1cccc2c1C(=O)c1cc(OS(=O)(=O)C(F)(F)F)cc(O)c1C2=O. The van der Waals surface area contributed by atoms with Crippen LogP contribution in [0.1, 0.15) is 31.8 Å². The van der Waals surface area contributed by atoms with E-state index in [2.05, 4.69) is 4.18 Å². The number of hydrogen-bond donors (Lipinski definition) is 1. The molecule has 0 atom stereocenters. The minimum absolute atomic E-state index is 0.0326. The number of phenolic OH excluding ortho intramolecular Hbond substituents is 1. The van der Waals surface area contributed by atoms with Gasteiger partial charge in [-0.25, -0.2) is 0 Å². The lowest BCUT2D eigenvalue weighted by molar-refractivity contribution is -0.0500. The van der Waals surface area contributed by atoms with E-state index in [9.17, 15) is 36.3 Å². The topological polar surface area (TPSA) is 107 Å². The third-order valence-corrected chi connectivity index (χ3v) is 4.75. The molecule has 0 aliphatic heterocycles. The van der Waals surface area contributed by atoms with E-state index < -0.39 is 49.8 Å². The van der Waals surface area contributed by atoms with Gasteiger partial charge in [0.25, 0.3) is 0 Å². The molecule has 0 saturated heterocycles. The summed E-state index contributed by atoms with van der Waals surface area (Å²) in [6, 6.07) is 5.31. The molecule has 11 heteroatoms. The van der Waals surface area contributed by atoms with Crippen molar-refractivity contribution >= 4 is 21.7 Å². The van der Waals surface area contributed by atoms with Crippen LogP contribution in [0.2, 0.25) is 0 Å². The largest absolute Gasteiger partial charge is 0.534 e. The molecule has 0 radical (unpaired) electrons. The fourth-order valence-electron chi connectivity index (χ4n) is 2.63. The van der Waals surface area contributed by atoms with Gasteiger partial charge in [0.15, 0.2) is 11.6 Å². The first-order valence-corrected chi connectivity index (χ1v) is 8.53. The Kier molecular flexibility index (Phi) is 4.14. The molecule has 1 aliphatic rings. The fraction of sp³-hybridized carbons (Fsp3) is 0.125. The van der Waals surface area contributed by atoms with Crippen LogP contribution >= 0.6 is 0 Å². The number of carbonyl (C=O) groups excluding carboxylic acids is 2. The molecule has 2 aromatic rings. The Hall–Kier alpha value is -3.08. The van der Waals surface area contributed by atoms with Crippen LogP contribution in [-0.2, 0) is 10.1 Å². The quantitative estimate of drug-likeness (QED) is 0.530. The molecule has 0 amide bonds. The number of halogens is 3. The Balaban J connectivity index is 2.18. The molecule has 142 valence electrons. The molecule has 0 unspecified atom stereocenters. The number of alkyl halides is 3. The number of rotatable bonds is 3. The third-order valence-electron chi connectivity index (χ3n) is 3.77. The molecule has 0 saturated carbocycles. The first kappa shape index (κ1) is 18.7. The molecule has 0 fully saturated rings. The predicted octanol–water partition coefficient (Wildman–Crippen LogP) is 2.40. The zero-order valence-corrected chi connectivity index (χ0v) is 14.1. The Morgan fingerprint density at radius 2 is 1.63 bits per heavy atom. The summed E-state index contributed by atoms with van der Waals surface area (Å²) in [7, 11) is -4.78. The van der Waals surface area contributed by atoms with Gasteiger partial charge in [-0.1, -0.05) is 12.1 Å². The van der Waals surface area contributed by atoms with Gasteiger partial charge in [0.1, 0.15) is 17.2 Å². The minimum atomic E-state index is -6.03. The van der Waals surface area contributed by atoms with Crippen molar-refractivity contribution in [3.8, 4) is 17.2 Å². The van der Waals surface area contributed by atoms with Gasteiger partial charge in [0.2, 0.25) is 0 Å². The predicted molar refractivity (Wildman–Crippen MR) is 83.6 cm³/mol. The summed E-state index contributed by atoms with van der Waals surface area (Å²) < 4.78 is 68.7. The molecule has 0 bridgehead atoms. The van der Waals surface area contributed by atoms with Crippen LogP contribution in [0.25, 0.3) is 0 Å². The van der Waals surface area contributed by atoms with Gasteiger partial charge in [-0.15, -0.1) is 0 Å². The smallest absolute Gasteiger partial charge is 0.507 e. The van der Waals surface area contributed by atoms with Crippen LogP contribution in [0.3, 0.4) is 0 Å². The molecule has 0 spiro atoms. The van der Waals surface area contributed by atoms with E-state index in [-0.39, 0.29) is 16.9 Å². The van der Waals surface area contributed by atoms with E-state index >= 15 is 0 Å². The van der Waals surface area contributed by atoms with Crippen LogP contribution in [-0.4, -0.2) is 37.7 Å². The highest BCUT2D eigenvalue weighted by Gasteiger charge is 2.49. The molecule has 7 nitrogen and oxygen atoms in total. The molecule has 2 aromatic carbocycles. The van der Waals surface area contributed by atoms with E-state index in [0.717, 1.165) is 0 Å². The Bertz CT molecular complexity index is 1090. The van der Waals surface area contributed by atoms with Gasteiger partial charge < -0.3 is 14.0 Å². The van der Waals surface area contributed by atoms with E-state index in [1.807, 2.05) is 0 Å². The second kappa shape index (κ2) is 5.98. The van der Waals surface area contributed by atoms with Crippen LogP contribution in [0.15, 0.2) is 30.3 Å². The minimum Gasteiger partial charge on any atom is -0.507 e. The fourth-order valence-corrected chi connectivity index (χ4v) is 3.08. The Morgan fingerprint density at radius 3 is 2.22 bits per heavy atom. The zero-order chi connectivity index (χ0) is 20.1. The highest BCUT2D eigenvalue weighted by Crippen LogP contribution is 2.39. The highest BCUT2D eigenvalue weighted by atomic mass is 32.2. The van der Waals surface area contributed by atoms with Crippen molar-refractivity contribution in [3.05, 3.63) is 52.6 Å². The van der Waals surface area contributed by atoms with Crippen molar-refractivity contribution in [1.29, 1.82) is 0 Å². The number of benzene rings is 2. The monoisotopic (exact) mass is 402 g/mol. The standard InChI is InChI=1S/C16H9F3O7S/c1-25-11-4-2-3-8-13(11)15(22)9-5-7(6-10(20)12(9)14(8)21)26-27(23,24)16(17,18)19/h2-6,20H,1H3. The molecular formula is C16H9F3O7S. The van der Waals surface area contributed by atoms with Crippen molar-refractivity contribution in [1.82, 2.24) is 0 Å². The van der Waals surface area contributed by atoms with Crippen molar-refractivity contribution < 1.29 is 45.2 Å². The molecule has 1 aliphatic carbocycles. The van der Waals surface area contributed by atoms with Gasteiger partial charge in [-0.3, -0.25) is 9.59 Å². The number of ether oxygens (including phenoxy) is 1. The number of methoxy groups -OCH3 is 1. The van der Waals surface area contributed by atoms with Crippen molar-refractivity contribution in [3.63, 3.8) is 0 Å². The molecule has 27 heavy (non-hydrogen) atoms. The number of aromatic hydroxyl groups is 1. The summed E-state index contributed by atoms with van der Waals surface area (Å²) in [5.41, 5.74) is -6.93. The molecular weight excluding hydrogens is 393 g/mol. The highest BCUT2D eigenvalue weighted by molar-refractivity contribution is 7.88. The summed E-state index contributed by atoms with van der Waals surface area (Å²) in [6.45, 7) is 0. The van der Waals surface area contributed by atoms with E-state index in [1.165, 1.54) is 25.3 Å². The van der Waals surface area contributed by atoms with Crippen molar-refractivity contribution in [2.75, 3.05) is 7.11 Å². The summed E-state index contributed by atoms with van der Waals surface area (Å²) >= 11 is 0. The second-order valence-electron chi connectivity index (χ2n) is 5.39. The first-order chi connectivity index (χ1) is 12.5. The molecule has 1 N–H and O–H groups in total. The van der Waals surface area contributed by atoms with E-state index in [1.54, 1.807) is 0 Å². The van der Waals surface area contributed by atoms with Gasteiger partial charge >= 0.3 is 15.6 Å². The number of fused-ring (bicyclic) bond motifs is 2. The van der Waals surface area contributed by atoms with Crippen molar-refractivity contribution in [2.45, 2.75) is 5.51 Å². The normalized spacial score (nSPS) is 13.8. The van der Waals surface area contributed by atoms with Crippen LogP contribution in [0.5, 0.6) is 17.2 Å². The van der Waals surface area contributed by atoms with E-state index in [0.29, 0.717) is 12.1 Å². The average Bonchev–Trinajstić information content (AvgIpc) is 2.57. The van der Waals surface area contributed by atoms with Gasteiger partial charge in [0.05, 0.1) is 18.2 Å². The maximum absolute atomic E-state index is 12.7. The van der Waals surface area contributed by atoms with Crippen LogP contribution in [0, 0.1) is 0 Å². The first-order valence-electron chi connectivity index (χ1n) is 7.12. The second-order valence-corrected chi connectivity index (χ2v) is 6.93. The molecule has 3 rings (SSSR count). The van der Waals surface area contributed by atoms with Gasteiger partial charge in [-0.05, 0) is 12.1 Å². The summed E-state index contributed by atoms with van der Waals surface area (Å²) in [5.74, 6) is -3.46. The number of carbonyl (C=O) groups is 2. The number of phenols is 1. The average molecular weight is 402 g/mol. The molecule has 0 aromatic heterocycles. The molecule has 0 heterocycles. The van der Waals surface area contributed by atoms with Gasteiger partial charge in [0, 0.05) is 17.2 Å².